The number of nitrogens with zero attached hydrogens (tertiary/aromatic N) is 1. The standard InChI is InChI=1S/C13H20N2O3S/c1-3-12-9-18-7-6-15(12)19(16,17)13-8-11(14)5-4-10(13)2/h4-5,8,12H,3,6-7,9,14H2,1-2H3. The van der Waals surface area contributed by atoms with Gasteiger partial charge in [-0.3, -0.25) is 0 Å². The van der Waals surface area contributed by atoms with Gasteiger partial charge < -0.3 is 10.5 Å². The van der Waals surface area contributed by atoms with Crippen LogP contribution < -0.4 is 5.73 Å². The summed E-state index contributed by atoms with van der Waals surface area (Å²) in [4.78, 5) is 0.299. The normalized spacial score (nSPS) is 21.5. The van der Waals surface area contributed by atoms with Crippen LogP contribution in [0.3, 0.4) is 0 Å². The molecule has 1 heterocycles. The molecule has 1 atom stereocenters. The lowest BCUT2D eigenvalue weighted by Gasteiger charge is -2.34. The Morgan fingerprint density at radius 3 is 2.89 bits per heavy atom. The predicted octanol–water partition coefficient (Wildman–Crippen LogP) is 1.38. The summed E-state index contributed by atoms with van der Waals surface area (Å²) in [6.07, 6.45) is 0.737. The highest BCUT2D eigenvalue weighted by Crippen LogP contribution is 2.26. The molecule has 1 aromatic carbocycles. The molecule has 19 heavy (non-hydrogen) atoms. The van der Waals surface area contributed by atoms with E-state index in [1.54, 1.807) is 19.1 Å². The Kier molecular flexibility index (Phi) is 4.13. The molecular weight excluding hydrogens is 264 g/mol. The average molecular weight is 284 g/mol. The molecule has 0 aromatic heterocycles. The molecule has 5 nitrogen and oxygen atoms in total. The molecule has 0 radical (unpaired) electrons. The highest BCUT2D eigenvalue weighted by molar-refractivity contribution is 7.89. The van der Waals surface area contributed by atoms with Crippen molar-refractivity contribution in [2.24, 2.45) is 0 Å². The van der Waals surface area contributed by atoms with Gasteiger partial charge in [0.05, 0.1) is 18.1 Å². The molecule has 1 saturated heterocycles. The maximum absolute atomic E-state index is 12.7. The quantitative estimate of drug-likeness (QED) is 0.851. The molecule has 1 fully saturated rings. The van der Waals surface area contributed by atoms with E-state index in [2.05, 4.69) is 0 Å². The first-order valence-electron chi connectivity index (χ1n) is 6.42. The van der Waals surface area contributed by atoms with Gasteiger partial charge >= 0.3 is 0 Å². The van der Waals surface area contributed by atoms with Crippen molar-refractivity contribution in [3.63, 3.8) is 0 Å². The number of morpholine rings is 1. The van der Waals surface area contributed by atoms with Crippen molar-refractivity contribution in [1.82, 2.24) is 4.31 Å². The third kappa shape index (κ3) is 2.75. The lowest BCUT2D eigenvalue weighted by atomic mass is 10.2. The Labute approximate surface area is 114 Å². The molecule has 0 bridgehead atoms. The van der Waals surface area contributed by atoms with Crippen LogP contribution >= 0.6 is 0 Å². The Balaban J connectivity index is 2.43. The fraction of sp³-hybridized carbons (Fsp3) is 0.538. The number of nitrogens with two attached hydrogens (primary N) is 1. The van der Waals surface area contributed by atoms with E-state index in [4.69, 9.17) is 10.5 Å². The topological polar surface area (TPSA) is 72.6 Å². The summed E-state index contributed by atoms with van der Waals surface area (Å²) in [5.74, 6) is 0. The summed E-state index contributed by atoms with van der Waals surface area (Å²) in [7, 11) is -3.50. The van der Waals surface area contributed by atoms with Gasteiger partial charge in [0, 0.05) is 18.3 Å². The Bertz CT molecular complexity index is 557. The Morgan fingerprint density at radius 2 is 2.21 bits per heavy atom. The maximum atomic E-state index is 12.7. The van der Waals surface area contributed by atoms with Crippen LogP contribution in [0.5, 0.6) is 0 Å². The van der Waals surface area contributed by atoms with Crippen molar-refractivity contribution >= 4 is 15.7 Å². The van der Waals surface area contributed by atoms with Crippen molar-refractivity contribution in [1.29, 1.82) is 0 Å². The number of benzene rings is 1. The number of hydrogen-bond acceptors (Lipinski definition) is 4. The molecule has 0 aliphatic carbocycles. The Morgan fingerprint density at radius 1 is 1.47 bits per heavy atom. The van der Waals surface area contributed by atoms with Gasteiger partial charge in [-0.25, -0.2) is 8.42 Å². The van der Waals surface area contributed by atoms with Gasteiger partial charge in [0.2, 0.25) is 10.0 Å². The summed E-state index contributed by atoms with van der Waals surface area (Å²) in [6.45, 7) is 5.05. The summed E-state index contributed by atoms with van der Waals surface area (Å²) >= 11 is 0. The number of sulfonamides is 1. The zero-order valence-electron chi connectivity index (χ0n) is 11.3. The first-order chi connectivity index (χ1) is 8.96. The molecule has 1 aliphatic heterocycles. The molecule has 2 rings (SSSR count). The van der Waals surface area contributed by atoms with Crippen LogP contribution in [-0.2, 0) is 14.8 Å². The second-order valence-electron chi connectivity index (χ2n) is 4.78. The molecule has 106 valence electrons. The zero-order valence-corrected chi connectivity index (χ0v) is 12.1. The summed E-state index contributed by atoms with van der Waals surface area (Å²) in [5, 5.41) is 0. The number of aryl methyl sites for hydroxylation is 1. The minimum absolute atomic E-state index is 0.0976. The van der Waals surface area contributed by atoms with E-state index in [1.807, 2.05) is 6.92 Å². The number of hydrogen-bond donors (Lipinski definition) is 1. The van der Waals surface area contributed by atoms with Gasteiger partial charge in [0.15, 0.2) is 0 Å². The molecule has 1 unspecified atom stereocenters. The summed E-state index contributed by atoms with van der Waals surface area (Å²) < 4.78 is 32.4. The van der Waals surface area contributed by atoms with Crippen molar-refractivity contribution in [3.05, 3.63) is 23.8 Å². The molecule has 6 heteroatoms. The van der Waals surface area contributed by atoms with Crippen molar-refractivity contribution in [3.8, 4) is 0 Å². The van der Waals surface area contributed by atoms with Crippen LogP contribution in [0.2, 0.25) is 0 Å². The van der Waals surface area contributed by atoms with E-state index in [0.717, 1.165) is 12.0 Å². The average Bonchev–Trinajstić information content (AvgIpc) is 2.41. The van der Waals surface area contributed by atoms with Crippen molar-refractivity contribution < 1.29 is 13.2 Å². The number of anilines is 1. The fourth-order valence-electron chi connectivity index (χ4n) is 2.30. The fourth-order valence-corrected chi connectivity index (χ4v) is 4.23. The second kappa shape index (κ2) is 5.48. The zero-order chi connectivity index (χ0) is 14.0. The van der Waals surface area contributed by atoms with Gasteiger partial charge in [0.1, 0.15) is 0 Å². The van der Waals surface area contributed by atoms with E-state index in [0.29, 0.717) is 30.3 Å². The highest BCUT2D eigenvalue weighted by atomic mass is 32.2. The van der Waals surface area contributed by atoms with Gasteiger partial charge in [-0.15, -0.1) is 0 Å². The Hall–Kier alpha value is -1.11. The van der Waals surface area contributed by atoms with Gasteiger partial charge in [-0.05, 0) is 31.0 Å². The van der Waals surface area contributed by atoms with E-state index < -0.39 is 10.0 Å². The van der Waals surface area contributed by atoms with E-state index >= 15 is 0 Å². The molecule has 2 N–H and O–H groups in total. The molecule has 1 aromatic rings. The number of rotatable bonds is 3. The molecule has 1 aliphatic rings. The monoisotopic (exact) mass is 284 g/mol. The third-order valence-electron chi connectivity index (χ3n) is 3.44. The van der Waals surface area contributed by atoms with Crippen LogP contribution in [0.15, 0.2) is 23.1 Å². The number of nitrogen functional groups attached to an aromatic ring is 1. The van der Waals surface area contributed by atoms with Crippen LogP contribution in [-0.4, -0.2) is 38.5 Å². The molecule has 0 amide bonds. The van der Waals surface area contributed by atoms with Gasteiger partial charge in [-0.2, -0.15) is 4.31 Å². The van der Waals surface area contributed by atoms with E-state index in [-0.39, 0.29) is 6.04 Å². The number of ether oxygens (including phenoxy) is 1. The minimum atomic E-state index is -3.50. The highest BCUT2D eigenvalue weighted by Gasteiger charge is 2.33. The largest absolute Gasteiger partial charge is 0.399 e. The van der Waals surface area contributed by atoms with Gasteiger partial charge in [0.25, 0.3) is 0 Å². The minimum Gasteiger partial charge on any atom is -0.399 e. The van der Waals surface area contributed by atoms with E-state index in [1.165, 1.54) is 10.4 Å². The third-order valence-corrected chi connectivity index (χ3v) is 5.54. The SMILES string of the molecule is CCC1COCCN1S(=O)(=O)c1cc(N)ccc1C. The first kappa shape index (κ1) is 14.3. The van der Waals surface area contributed by atoms with Crippen LogP contribution in [0.4, 0.5) is 5.69 Å². The summed E-state index contributed by atoms with van der Waals surface area (Å²) in [5.41, 5.74) is 6.89. The van der Waals surface area contributed by atoms with Crippen LogP contribution in [0, 0.1) is 6.92 Å². The van der Waals surface area contributed by atoms with Crippen molar-refractivity contribution in [2.75, 3.05) is 25.5 Å². The molecular formula is C13H20N2O3S. The molecule has 0 spiro atoms. The van der Waals surface area contributed by atoms with E-state index in [9.17, 15) is 8.42 Å². The van der Waals surface area contributed by atoms with Crippen molar-refractivity contribution in [2.45, 2.75) is 31.2 Å². The molecule has 0 saturated carbocycles. The maximum Gasteiger partial charge on any atom is 0.243 e. The van der Waals surface area contributed by atoms with Gasteiger partial charge in [-0.1, -0.05) is 13.0 Å². The predicted molar refractivity (Wildman–Crippen MR) is 74.4 cm³/mol. The lowest BCUT2D eigenvalue weighted by Crippen LogP contribution is -2.48. The summed E-state index contributed by atoms with van der Waals surface area (Å²) in [6, 6.07) is 4.89. The second-order valence-corrected chi connectivity index (χ2v) is 6.64. The first-order valence-corrected chi connectivity index (χ1v) is 7.86. The lowest BCUT2D eigenvalue weighted by molar-refractivity contribution is 0.0314. The van der Waals surface area contributed by atoms with Crippen LogP contribution in [0.1, 0.15) is 18.9 Å². The van der Waals surface area contributed by atoms with Crippen LogP contribution in [0.25, 0.3) is 0 Å². The smallest absolute Gasteiger partial charge is 0.243 e.